The van der Waals surface area contributed by atoms with E-state index in [4.69, 9.17) is 0 Å². The third-order valence-electron chi connectivity index (χ3n) is 4.93. The number of carbonyl (C=O) groups excluding carboxylic acids is 1. The van der Waals surface area contributed by atoms with Crippen LogP contribution < -0.4 is 5.32 Å². The molecule has 1 aliphatic heterocycles. The lowest BCUT2D eigenvalue weighted by Crippen LogP contribution is -2.38. The molecule has 4 heteroatoms. The molecule has 1 aliphatic rings. The molecular formula is C20H27N3O. The fraction of sp³-hybridized carbons (Fsp3) is 0.450. The van der Waals surface area contributed by atoms with Crippen LogP contribution in [0.15, 0.2) is 42.1 Å². The lowest BCUT2D eigenvalue weighted by molar-refractivity contribution is -0.119. The summed E-state index contributed by atoms with van der Waals surface area (Å²) in [6, 6.07) is 8.69. The fourth-order valence-electron chi connectivity index (χ4n) is 3.57. The van der Waals surface area contributed by atoms with Crippen LogP contribution in [0.3, 0.4) is 0 Å². The van der Waals surface area contributed by atoms with Crippen LogP contribution in [0.5, 0.6) is 0 Å². The van der Waals surface area contributed by atoms with Gasteiger partial charge in [-0.05, 0) is 36.5 Å². The van der Waals surface area contributed by atoms with Gasteiger partial charge in [0.15, 0.2) is 0 Å². The van der Waals surface area contributed by atoms with Crippen molar-refractivity contribution >= 4 is 16.8 Å². The quantitative estimate of drug-likeness (QED) is 0.801. The van der Waals surface area contributed by atoms with Gasteiger partial charge in [0.05, 0.1) is 0 Å². The molecule has 0 bridgehead atoms. The molecule has 0 radical (unpaired) electrons. The molecule has 1 aromatic carbocycles. The molecule has 24 heavy (non-hydrogen) atoms. The summed E-state index contributed by atoms with van der Waals surface area (Å²) in [4.78, 5) is 17.2. The number of carbonyl (C=O) groups is 1. The molecule has 1 atom stereocenters. The Bertz CT molecular complexity index is 731. The van der Waals surface area contributed by atoms with Crippen molar-refractivity contribution in [3.63, 3.8) is 0 Å². The van der Waals surface area contributed by atoms with Crippen molar-refractivity contribution in [2.24, 2.45) is 0 Å². The second kappa shape index (κ2) is 7.67. The molecule has 0 saturated heterocycles. The van der Waals surface area contributed by atoms with Gasteiger partial charge in [-0.25, -0.2) is 0 Å². The van der Waals surface area contributed by atoms with E-state index in [0.717, 1.165) is 38.9 Å². The van der Waals surface area contributed by atoms with E-state index in [-0.39, 0.29) is 11.9 Å². The van der Waals surface area contributed by atoms with Gasteiger partial charge in [-0.15, -0.1) is 0 Å². The van der Waals surface area contributed by atoms with Crippen LogP contribution in [-0.4, -0.2) is 41.5 Å². The average molecular weight is 325 g/mol. The highest BCUT2D eigenvalue weighted by Gasteiger charge is 2.18. The Kier molecular flexibility index (Phi) is 5.36. The number of para-hydroxylation sites is 1. The van der Waals surface area contributed by atoms with Gasteiger partial charge in [-0.3, -0.25) is 9.69 Å². The van der Waals surface area contributed by atoms with Gasteiger partial charge < -0.3 is 10.3 Å². The molecule has 2 aromatic rings. The predicted molar refractivity (Wildman–Crippen MR) is 99.0 cm³/mol. The molecule has 2 N–H and O–H groups in total. The molecule has 1 amide bonds. The second-order valence-corrected chi connectivity index (χ2v) is 6.60. The number of aromatic amines is 1. The number of rotatable bonds is 6. The minimum Gasteiger partial charge on any atom is -0.361 e. The number of nitrogens with one attached hydrogen (secondary N) is 2. The summed E-state index contributed by atoms with van der Waals surface area (Å²) in [5.41, 5.74) is 4.00. The largest absolute Gasteiger partial charge is 0.361 e. The topological polar surface area (TPSA) is 48.1 Å². The SMILES string of the molecule is CCC(NC(C)=O)C1=CCN(CCc2c[nH]c3ccccc23)CC1. The van der Waals surface area contributed by atoms with Gasteiger partial charge in [-0.2, -0.15) is 0 Å². The lowest BCUT2D eigenvalue weighted by Gasteiger charge is -2.29. The number of benzene rings is 1. The van der Waals surface area contributed by atoms with Crippen LogP contribution in [0.25, 0.3) is 10.9 Å². The standard InChI is InChI=1S/C20H27N3O/c1-3-19(22-15(2)24)16-8-11-23(12-9-16)13-10-17-14-21-20-7-5-4-6-18(17)20/h4-8,14,19,21H,3,9-13H2,1-2H3,(H,22,24). The van der Waals surface area contributed by atoms with Gasteiger partial charge in [0, 0.05) is 49.7 Å². The Labute approximate surface area is 143 Å². The fourth-order valence-corrected chi connectivity index (χ4v) is 3.57. The van der Waals surface area contributed by atoms with Crippen LogP contribution in [0.4, 0.5) is 0 Å². The molecule has 0 spiro atoms. The number of H-pyrrole nitrogens is 1. The number of nitrogens with zero attached hydrogens (tertiary/aromatic N) is 1. The molecule has 1 aromatic heterocycles. The first-order valence-electron chi connectivity index (χ1n) is 8.90. The zero-order valence-electron chi connectivity index (χ0n) is 14.6. The van der Waals surface area contributed by atoms with E-state index in [1.54, 1.807) is 6.92 Å². The normalized spacial score (nSPS) is 16.8. The van der Waals surface area contributed by atoms with Gasteiger partial charge in [0.2, 0.25) is 5.91 Å². The molecular weight excluding hydrogens is 298 g/mol. The summed E-state index contributed by atoms with van der Waals surface area (Å²) in [6.45, 7) is 6.85. The van der Waals surface area contributed by atoms with E-state index in [1.165, 1.54) is 22.0 Å². The number of aromatic nitrogens is 1. The Morgan fingerprint density at radius 3 is 2.92 bits per heavy atom. The lowest BCUT2D eigenvalue weighted by atomic mass is 9.97. The highest BCUT2D eigenvalue weighted by molar-refractivity contribution is 5.83. The second-order valence-electron chi connectivity index (χ2n) is 6.60. The monoisotopic (exact) mass is 325 g/mol. The van der Waals surface area contributed by atoms with Crippen molar-refractivity contribution in [2.75, 3.05) is 19.6 Å². The molecule has 128 valence electrons. The Hall–Kier alpha value is -2.07. The maximum atomic E-state index is 11.3. The van der Waals surface area contributed by atoms with Crippen LogP contribution in [-0.2, 0) is 11.2 Å². The zero-order valence-corrected chi connectivity index (χ0v) is 14.6. The molecule has 1 unspecified atom stereocenters. The number of amides is 1. The summed E-state index contributed by atoms with van der Waals surface area (Å²) in [5, 5.41) is 4.39. The molecule has 4 nitrogen and oxygen atoms in total. The summed E-state index contributed by atoms with van der Waals surface area (Å²) in [6.07, 6.45) is 7.52. The van der Waals surface area contributed by atoms with Crippen molar-refractivity contribution in [1.29, 1.82) is 0 Å². The van der Waals surface area contributed by atoms with Gasteiger partial charge in [0.1, 0.15) is 0 Å². The van der Waals surface area contributed by atoms with Gasteiger partial charge >= 0.3 is 0 Å². The van der Waals surface area contributed by atoms with Crippen molar-refractivity contribution in [3.05, 3.63) is 47.7 Å². The third-order valence-corrected chi connectivity index (χ3v) is 4.93. The maximum absolute atomic E-state index is 11.3. The van der Waals surface area contributed by atoms with E-state index < -0.39 is 0 Å². The minimum atomic E-state index is 0.0597. The Morgan fingerprint density at radius 2 is 2.21 bits per heavy atom. The molecule has 0 saturated carbocycles. The van der Waals surface area contributed by atoms with Crippen molar-refractivity contribution in [1.82, 2.24) is 15.2 Å². The first-order chi connectivity index (χ1) is 11.7. The van der Waals surface area contributed by atoms with Crippen molar-refractivity contribution in [2.45, 2.75) is 39.2 Å². The van der Waals surface area contributed by atoms with Crippen molar-refractivity contribution < 1.29 is 4.79 Å². The predicted octanol–water partition coefficient (Wildman–Crippen LogP) is 3.26. The van der Waals surface area contributed by atoms with Crippen LogP contribution in [0.1, 0.15) is 32.3 Å². The van der Waals surface area contributed by atoms with E-state index in [1.807, 2.05) is 0 Å². The maximum Gasteiger partial charge on any atom is 0.217 e. The van der Waals surface area contributed by atoms with E-state index in [9.17, 15) is 4.79 Å². The van der Waals surface area contributed by atoms with E-state index >= 15 is 0 Å². The third kappa shape index (κ3) is 3.88. The van der Waals surface area contributed by atoms with Crippen LogP contribution >= 0.6 is 0 Å². The first-order valence-corrected chi connectivity index (χ1v) is 8.90. The first kappa shape index (κ1) is 16.8. The Balaban J connectivity index is 1.56. The summed E-state index contributed by atoms with van der Waals surface area (Å²) >= 11 is 0. The van der Waals surface area contributed by atoms with Gasteiger partial charge in [-0.1, -0.05) is 31.2 Å². The molecule has 0 aliphatic carbocycles. The smallest absolute Gasteiger partial charge is 0.217 e. The summed E-state index contributed by atoms with van der Waals surface area (Å²) in [5.74, 6) is 0.0597. The molecule has 2 heterocycles. The van der Waals surface area contributed by atoms with Crippen molar-refractivity contribution in [3.8, 4) is 0 Å². The van der Waals surface area contributed by atoms with Gasteiger partial charge in [0.25, 0.3) is 0 Å². The number of hydrogen-bond donors (Lipinski definition) is 2. The number of fused-ring (bicyclic) bond motifs is 1. The molecule has 3 rings (SSSR count). The molecule has 0 fully saturated rings. The highest BCUT2D eigenvalue weighted by Crippen LogP contribution is 2.20. The minimum absolute atomic E-state index is 0.0597. The number of hydrogen-bond acceptors (Lipinski definition) is 2. The van der Waals surface area contributed by atoms with E-state index in [0.29, 0.717) is 0 Å². The van der Waals surface area contributed by atoms with Crippen LogP contribution in [0, 0.1) is 0 Å². The highest BCUT2D eigenvalue weighted by atomic mass is 16.1. The average Bonchev–Trinajstić information content (AvgIpc) is 3.01. The zero-order chi connectivity index (χ0) is 16.9. The van der Waals surface area contributed by atoms with Crippen LogP contribution in [0.2, 0.25) is 0 Å². The summed E-state index contributed by atoms with van der Waals surface area (Å²) < 4.78 is 0. The summed E-state index contributed by atoms with van der Waals surface area (Å²) in [7, 11) is 0. The Morgan fingerprint density at radius 1 is 1.38 bits per heavy atom. The van der Waals surface area contributed by atoms with E-state index in [2.05, 4.69) is 58.7 Å².